The topological polar surface area (TPSA) is 102 Å². The minimum Gasteiger partial charge on any atom is -0.373 e. The summed E-state index contributed by atoms with van der Waals surface area (Å²) in [7, 11) is 1.54. The number of halogens is 3. The predicted molar refractivity (Wildman–Crippen MR) is 94.5 cm³/mol. The molecule has 0 aromatic carbocycles. The summed E-state index contributed by atoms with van der Waals surface area (Å²) in [6.07, 6.45) is -1.50. The average molecular weight is 385 g/mol. The van der Waals surface area contributed by atoms with Crippen LogP contribution in [0.2, 0.25) is 0 Å². The van der Waals surface area contributed by atoms with E-state index in [0.717, 1.165) is 6.20 Å². The van der Waals surface area contributed by atoms with Crippen LogP contribution in [0.15, 0.2) is 18.5 Å². The first kappa shape index (κ1) is 20.5. The van der Waals surface area contributed by atoms with E-state index < -0.39 is 23.7 Å². The molecular formula is C16H22F3N7O. The van der Waals surface area contributed by atoms with Gasteiger partial charge in [-0.05, 0) is 26.3 Å². The minimum atomic E-state index is -4.81. The summed E-state index contributed by atoms with van der Waals surface area (Å²) in [5.74, 6) is -1.01. The third-order valence-electron chi connectivity index (χ3n) is 4.24. The van der Waals surface area contributed by atoms with Crippen LogP contribution in [0, 0.1) is 6.92 Å². The quantitative estimate of drug-likeness (QED) is 0.711. The number of primary amides is 1. The van der Waals surface area contributed by atoms with E-state index in [1.165, 1.54) is 30.9 Å². The molecule has 1 atom stereocenters. The Balaban J connectivity index is 2.61. The molecule has 0 bridgehead atoms. The number of nitrogens with one attached hydrogen (secondary N) is 1. The van der Waals surface area contributed by atoms with Gasteiger partial charge in [0.25, 0.3) is 0 Å². The summed E-state index contributed by atoms with van der Waals surface area (Å²) < 4.78 is 42.6. The van der Waals surface area contributed by atoms with Crippen molar-refractivity contribution >= 4 is 23.4 Å². The number of aromatic nitrogens is 4. The largest absolute Gasteiger partial charge is 0.491 e. The van der Waals surface area contributed by atoms with Crippen LogP contribution in [0.25, 0.3) is 0 Å². The molecule has 1 unspecified atom stereocenters. The maximum absolute atomic E-state index is 13.8. The van der Waals surface area contributed by atoms with Crippen molar-refractivity contribution in [3.8, 4) is 0 Å². The van der Waals surface area contributed by atoms with Crippen molar-refractivity contribution in [1.82, 2.24) is 19.7 Å². The molecule has 0 radical (unpaired) electrons. The number of rotatable bonds is 7. The standard InChI is InChI=1S/C16H22F3N7O/c1-5-7-15(3,13(20)27)25-9-11(10(2)24-25)26(16(17,18)19)14-22-8-6-12(21-4)23-14/h6,8-9H,5,7H2,1-4H3,(H2,20,27)(H,21,22,23). The normalized spacial score (nSPS) is 13.9. The molecule has 0 spiro atoms. The second-order valence-corrected chi connectivity index (χ2v) is 6.23. The van der Waals surface area contributed by atoms with Gasteiger partial charge >= 0.3 is 6.30 Å². The van der Waals surface area contributed by atoms with Crippen LogP contribution < -0.4 is 16.0 Å². The fraction of sp³-hybridized carbons (Fsp3) is 0.500. The first-order valence-corrected chi connectivity index (χ1v) is 8.29. The second kappa shape index (κ2) is 7.41. The van der Waals surface area contributed by atoms with Crippen molar-refractivity contribution in [3.63, 3.8) is 0 Å². The van der Waals surface area contributed by atoms with Gasteiger partial charge in [0.05, 0.1) is 17.6 Å². The lowest BCUT2D eigenvalue weighted by Gasteiger charge is -2.27. The summed E-state index contributed by atoms with van der Waals surface area (Å²) >= 11 is 0. The SMILES string of the molecule is CCCC(C)(C(N)=O)n1cc(N(c2nccc(NC)n2)C(F)(F)F)c(C)n1. The number of hydrogen-bond acceptors (Lipinski definition) is 6. The van der Waals surface area contributed by atoms with Crippen LogP contribution in [0.5, 0.6) is 0 Å². The van der Waals surface area contributed by atoms with Gasteiger partial charge in [-0.15, -0.1) is 13.2 Å². The van der Waals surface area contributed by atoms with Gasteiger partial charge in [0.2, 0.25) is 11.9 Å². The van der Waals surface area contributed by atoms with E-state index in [2.05, 4.69) is 20.4 Å². The van der Waals surface area contributed by atoms with Gasteiger partial charge < -0.3 is 11.1 Å². The maximum Gasteiger partial charge on any atom is 0.491 e. The lowest BCUT2D eigenvalue weighted by molar-refractivity contribution is -0.126. The number of nitrogens with zero attached hydrogens (tertiary/aromatic N) is 5. The van der Waals surface area contributed by atoms with Crippen molar-refractivity contribution in [1.29, 1.82) is 0 Å². The Kier molecular flexibility index (Phi) is 5.62. The Morgan fingerprint density at radius 2 is 2.07 bits per heavy atom. The zero-order chi connectivity index (χ0) is 20.4. The Bertz CT molecular complexity index is 821. The molecule has 2 aromatic rings. The van der Waals surface area contributed by atoms with Gasteiger partial charge in [-0.1, -0.05) is 13.3 Å². The van der Waals surface area contributed by atoms with E-state index in [1.54, 1.807) is 6.92 Å². The number of anilines is 3. The molecule has 2 rings (SSSR count). The van der Waals surface area contributed by atoms with Crippen molar-refractivity contribution in [2.24, 2.45) is 5.73 Å². The van der Waals surface area contributed by atoms with Gasteiger partial charge in [0, 0.05) is 13.2 Å². The molecule has 148 valence electrons. The highest BCUT2D eigenvalue weighted by Gasteiger charge is 2.43. The summed E-state index contributed by atoms with van der Waals surface area (Å²) in [4.78, 5) is 19.6. The Morgan fingerprint density at radius 1 is 1.41 bits per heavy atom. The highest BCUT2D eigenvalue weighted by Crippen LogP contribution is 2.37. The number of alkyl halides is 3. The van der Waals surface area contributed by atoms with E-state index in [4.69, 9.17) is 5.73 Å². The number of amides is 1. The Labute approximate surface area is 154 Å². The van der Waals surface area contributed by atoms with Crippen molar-refractivity contribution in [3.05, 3.63) is 24.2 Å². The molecule has 27 heavy (non-hydrogen) atoms. The first-order valence-electron chi connectivity index (χ1n) is 8.29. The minimum absolute atomic E-state index is 0.0278. The molecule has 2 heterocycles. The molecule has 0 saturated heterocycles. The van der Waals surface area contributed by atoms with Gasteiger partial charge in [0.1, 0.15) is 11.4 Å². The Hall–Kier alpha value is -2.85. The number of carbonyl (C=O) groups excluding carboxylic acids is 1. The molecule has 0 aliphatic heterocycles. The van der Waals surface area contributed by atoms with Crippen LogP contribution in [0.4, 0.5) is 30.6 Å². The van der Waals surface area contributed by atoms with Gasteiger partial charge in [-0.2, -0.15) is 10.1 Å². The zero-order valence-corrected chi connectivity index (χ0v) is 15.5. The summed E-state index contributed by atoms with van der Waals surface area (Å²) in [6.45, 7) is 4.81. The highest BCUT2D eigenvalue weighted by atomic mass is 19.4. The van der Waals surface area contributed by atoms with Crippen molar-refractivity contribution in [2.45, 2.75) is 45.5 Å². The molecule has 0 fully saturated rings. The van der Waals surface area contributed by atoms with E-state index in [9.17, 15) is 18.0 Å². The van der Waals surface area contributed by atoms with Crippen molar-refractivity contribution in [2.75, 3.05) is 17.3 Å². The molecule has 0 saturated carbocycles. The monoisotopic (exact) mass is 385 g/mol. The number of carbonyl (C=O) groups is 1. The molecule has 2 aromatic heterocycles. The molecular weight excluding hydrogens is 363 g/mol. The van der Waals surface area contributed by atoms with Gasteiger partial charge in [-0.25, -0.2) is 9.88 Å². The molecule has 3 N–H and O–H groups in total. The van der Waals surface area contributed by atoms with Gasteiger partial charge in [0.15, 0.2) is 0 Å². The third-order valence-corrected chi connectivity index (χ3v) is 4.24. The highest BCUT2D eigenvalue weighted by molar-refractivity contribution is 5.82. The van der Waals surface area contributed by atoms with E-state index >= 15 is 0 Å². The van der Waals surface area contributed by atoms with Crippen LogP contribution in [0.1, 0.15) is 32.4 Å². The lowest BCUT2D eigenvalue weighted by atomic mass is 9.96. The number of aryl methyl sites for hydroxylation is 1. The van der Waals surface area contributed by atoms with Crippen LogP contribution in [-0.2, 0) is 10.3 Å². The van der Waals surface area contributed by atoms with Crippen LogP contribution in [0.3, 0.4) is 0 Å². The summed E-state index contributed by atoms with van der Waals surface area (Å²) in [5.41, 5.74) is 4.03. The van der Waals surface area contributed by atoms with Crippen LogP contribution >= 0.6 is 0 Å². The number of nitrogens with two attached hydrogens (primary N) is 1. The van der Waals surface area contributed by atoms with E-state index in [-0.39, 0.29) is 22.1 Å². The number of hydrogen-bond donors (Lipinski definition) is 2. The molecule has 8 nitrogen and oxygen atoms in total. The molecule has 1 amide bonds. The Morgan fingerprint density at radius 3 is 2.59 bits per heavy atom. The molecule has 0 aliphatic rings. The fourth-order valence-corrected chi connectivity index (χ4v) is 2.71. The smallest absolute Gasteiger partial charge is 0.373 e. The molecule has 11 heteroatoms. The summed E-state index contributed by atoms with van der Waals surface area (Å²) in [6, 6.07) is 1.44. The third kappa shape index (κ3) is 3.96. The van der Waals surface area contributed by atoms with E-state index in [0.29, 0.717) is 12.8 Å². The first-order chi connectivity index (χ1) is 12.5. The van der Waals surface area contributed by atoms with E-state index in [1.807, 2.05) is 6.92 Å². The fourth-order valence-electron chi connectivity index (χ4n) is 2.71. The molecule has 0 aliphatic carbocycles. The second-order valence-electron chi connectivity index (χ2n) is 6.23. The predicted octanol–water partition coefficient (Wildman–Crippen LogP) is 2.68. The van der Waals surface area contributed by atoms with Crippen LogP contribution in [-0.4, -0.2) is 39.0 Å². The maximum atomic E-state index is 13.8. The van der Waals surface area contributed by atoms with Crippen molar-refractivity contribution < 1.29 is 18.0 Å². The average Bonchev–Trinajstić information content (AvgIpc) is 2.96. The van der Waals surface area contributed by atoms with Gasteiger partial charge in [-0.3, -0.25) is 9.48 Å². The summed E-state index contributed by atoms with van der Waals surface area (Å²) in [5, 5.41) is 6.80. The lowest BCUT2D eigenvalue weighted by Crippen LogP contribution is -2.44. The zero-order valence-electron chi connectivity index (χ0n) is 15.5.